The van der Waals surface area contributed by atoms with Gasteiger partial charge >= 0.3 is 6.18 Å². The van der Waals surface area contributed by atoms with Crippen molar-refractivity contribution in [1.29, 1.82) is 0 Å². The molecule has 212 valence electrons. The number of allylic oxidation sites excluding steroid dienone is 4. The molecule has 1 unspecified atom stereocenters. The summed E-state index contributed by atoms with van der Waals surface area (Å²) in [5, 5.41) is 3.38. The first-order valence-corrected chi connectivity index (χ1v) is 12.2. The van der Waals surface area contributed by atoms with Crippen molar-refractivity contribution in [3.8, 4) is 0 Å². The van der Waals surface area contributed by atoms with E-state index in [0.717, 1.165) is 36.2 Å². The minimum Gasteiger partial charge on any atom is -0.307 e. The summed E-state index contributed by atoms with van der Waals surface area (Å²) in [4.78, 5) is 12.6. The van der Waals surface area contributed by atoms with Gasteiger partial charge in [0, 0.05) is 25.1 Å². The van der Waals surface area contributed by atoms with Crippen molar-refractivity contribution >= 4 is 6.79 Å². The Morgan fingerprint density at radius 2 is 1.58 bits per heavy atom. The minimum absolute atomic E-state index is 0.00933. The first-order valence-electron chi connectivity index (χ1n) is 12.2. The molecule has 8 heteroatoms. The van der Waals surface area contributed by atoms with Crippen LogP contribution in [0.15, 0.2) is 79.1 Å². The molecule has 1 aromatic carbocycles. The average Bonchev–Trinajstić information content (AvgIpc) is 2.90. The molecule has 38 heavy (non-hydrogen) atoms. The Morgan fingerprint density at radius 1 is 1.03 bits per heavy atom. The standard InChI is InChI=1S/C24H28F2N2.C3H5F3.C2H6.CH2O/c1-6-7-8-10-18(2)16-24(27-5,22-14-13-19(3)17-28-22)21-12-9-11-20(15-21)23(4,25)26;1-2-3(4,5)6;2*1-2/h6-15,17,27H,1,16H2,2-5H3;2H2,1H3;1-2H3;1H2/b8-7-,18-10+;;;. The number of benzene rings is 1. The maximum Gasteiger partial charge on any atom is 0.388 e. The zero-order valence-corrected chi connectivity index (χ0v) is 23.4. The number of halogens is 5. The van der Waals surface area contributed by atoms with Crippen LogP contribution in [0.3, 0.4) is 0 Å². The van der Waals surface area contributed by atoms with Crippen molar-refractivity contribution in [2.45, 2.75) is 72.0 Å². The van der Waals surface area contributed by atoms with E-state index in [1.165, 1.54) is 6.07 Å². The third-order valence-corrected chi connectivity index (χ3v) is 5.21. The number of alkyl halides is 5. The fourth-order valence-electron chi connectivity index (χ4n) is 3.25. The summed E-state index contributed by atoms with van der Waals surface area (Å²) >= 11 is 0. The maximum atomic E-state index is 14.0. The van der Waals surface area contributed by atoms with Gasteiger partial charge in [-0.15, -0.1) is 0 Å². The van der Waals surface area contributed by atoms with E-state index in [0.29, 0.717) is 6.42 Å². The minimum atomic E-state index is -3.96. The number of pyridine rings is 1. The summed E-state index contributed by atoms with van der Waals surface area (Å²) in [6, 6.07) is 10.5. The Hall–Kier alpha value is -3.13. The first kappa shape index (κ1) is 37.0. The number of nitrogens with zero attached hydrogens (tertiary/aromatic N) is 1. The number of aryl methyl sites for hydroxylation is 1. The molecule has 1 atom stereocenters. The van der Waals surface area contributed by atoms with Gasteiger partial charge in [-0.05, 0) is 50.6 Å². The largest absolute Gasteiger partial charge is 0.388 e. The molecule has 1 N–H and O–H groups in total. The van der Waals surface area contributed by atoms with E-state index in [1.807, 2.05) is 78.0 Å². The van der Waals surface area contributed by atoms with Gasteiger partial charge in [-0.2, -0.15) is 13.2 Å². The lowest BCUT2D eigenvalue weighted by Crippen LogP contribution is -2.42. The molecule has 3 nitrogen and oxygen atoms in total. The Kier molecular flexibility index (Phi) is 17.7. The van der Waals surface area contributed by atoms with E-state index >= 15 is 0 Å². The first-order chi connectivity index (χ1) is 17.8. The van der Waals surface area contributed by atoms with Crippen molar-refractivity contribution in [3.63, 3.8) is 0 Å². The van der Waals surface area contributed by atoms with Gasteiger partial charge in [-0.1, -0.05) is 81.5 Å². The van der Waals surface area contributed by atoms with E-state index in [9.17, 15) is 22.0 Å². The number of hydrogen-bond acceptors (Lipinski definition) is 3. The number of carbonyl (C=O) groups excluding carboxylic acids is 1. The van der Waals surface area contributed by atoms with Crippen molar-refractivity contribution in [3.05, 3.63) is 101 Å². The van der Waals surface area contributed by atoms with E-state index in [-0.39, 0.29) is 5.56 Å². The fourth-order valence-corrected chi connectivity index (χ4v) is 3.25. The molecule has 1 aromatic heterocycles. The summed E-state index contributed by atoms with van der Waals surface area (Å²) in [7, 11) is 1.84. The number of carbonyl (C=O) groups is 1. The van der Waals surface area contributed by atoms with E-state index in [2.05, 4.69) is 16.9 Å². The summed E-state index contributed by atoms with van der Waals surface area (Å²) in [5.74, 6) is -2.91. The highest BCUT2D eigenvalue weighted by Gasteiger charge is 2.36. The molecular weight excluding hydrogens is 499 g/mol. The lowest BCUT2D eigenvalue weighted by Gasteiger charge is -2.35. The number of hydrogen-bond donors (Lipinski definition) is 1. The van der Waals surface area contributed by atoms with Crippen LogP contribution < -0.4 is 5.32 Å². The summed E-state index contributed by atoms with van der Waals surface area (Å²) < 4.78 is 60.3. The van der Waals surface area contributed by atoms with Crippen LogP contribution >= 0.6 is 0 Å². The molecule has 0 aliphatic carbocycles. The second kappa shape index (κ2) is 18.2. The van der Waals surface area contributed by atoms with Crippen LogP contribution in [0.2, 0.25) is 0 Å². The average molecular weight is 541 g/mol. The Bertz CT molecular complexity index is 993. The van der Waals surface area contributed by atoms with Crippen LogP contribution in [-0.4, -0.2) is 25.0 Å². The third-order valence-electron chi connectivity index (χ3n) is 5.21. The van der Waals surface area contributed by atoms with Gasteiger partial charge in [-0.25, -0.2) is 8.78 Å². The SMILES string of the molecule is C=C/C=C\C=C(/C)CC(NC)(c1cccc(C(C)(F)F)c1)c1ccc(C)cn1.C=O.CC.CCC(F)(F)F. The summed E-state index contributed by atoms with van der Waals surface area (Å²) in [5.41, 5.74) is 2.94. The van der Waals surface area contributed by atoms with Gasteiger partial charge in [0.15, 0.2) is 0 Å². The monoisotopic (exact) mass is 540 g/mol. The summed E-state index contributed by atoms with van der Waals surface area (Å²) in [6.45, 7) is 15.7. The third kappa shape index (κ3) is 12.9. The second-order valence-electron chi connectivity index (χ2n) is 8.12. The van der Waals surface area contributed by atoms with Gasteiger partial charge in [0.05, 0.1) is 11.2 Å². The van der Waals surface area contributed by atoms with Crippen molar-refractivity contribution in [2.24, 2.45) is 0 Å². The van der Waals surface area contributed by atoms with E-state index in [1.54, 1.807) is 24.4 Å². The quantitative estimate of drug-likeness (QED) is 0.269. The van der Waals surface area contributed by atoms with Crippen molar-refractivity contribution < 1.29 is 26.7 Å². The zero-order valence-electron chi connectivity index (χ0n) is 23.4. The van der Waals surface area contributed by atoms with Crippen LogP contribution in [0.5, 0.6) is 0 Å². The van der Waals surface area contributed by atoms with Crippen LogP contribution in [-0.2, 0) is 16.3 Å². The predicted molar refractivity (Wildman–Crippen MR) is 147 cm³/mol. The Morgan fingerprint density at radius 3 is 2.00 bits per heavy atom. The Balaban J connectivity index is 0. The highest BCUT2D eigenvalue weighted by Crippen LogP contribution is 2.37. The molecule has 0 aliphatic rings. The van der Waals surface area contributed by atoms with Crippen LogP contribution in [0.25, 0.3) is 0 Å². The molecule has 0 bridgehead atoms. The van der Waals surface area contributed by atoms with Gasteiger partial charge in [0.25, 0.3) is 5.92 Å². The molecule has 0 spiro atoms. The molecule has 0 fully saturated rings. The summed E-state index contributed by atoms with van der Waals surface area (Å²) in [6.07, 6.45) is 5.18. The second-order valence-corrected chi connectivity index (χ2v) is 8.12. The van der Waals surface area contributed by atoms with Gasteiger partial charge in [-0.3, -0.25) is 4.98 Å². The highest BCUT2D eigenvalue weighted by atomic mass is 19.4. The predicted octanol–water partition coefficient (Wildman–Crippen LogP) is 8.84. The lowest BCUT2D eigenvalue weighted by molar-refractivity contribution is -0.130. The highest BCUT2D eigenvalue weighted by molar-refractivity contribution is 5.40. The fraction of sp³-hybridized carbons (Fsp3) is 0.400. The van der Waals surface area contributed by atoms with Gasteiger partial charge in [0.2, 0.25) is 0 Å². The van der Waals surface area contributed by atoms with Crippen LogP contribution in [0.1, 0.15) is 69.8 Å². The van der Waals surface area contributed by atoms with Crippen LogP contribution in [0.4, 0.5) is 22.0 Å². The Labute approximate surface area is 224 Å². The molecule has 0 saturated carbocycles. The molecular formula is C30H41F5N2O. The van der Waals surface area contributed by atoms with Crippen molar-refractivity contribution in [1.82, 2.24) is 10.3 Å². The maximum absolute atomic E-state index is 14.0. The zero-order chi connectivity index (χ0) is 30.0. The topological polar surface area (TPSA) is 42.0 Å². The molecule has 0 aliphatic heterocycles. The molecule has 0 saturated heterocycles. The molecule has 2 aromatic rings. The molecule has 2 rings (SSSR count). The van der Waals surface area contributed by atoms with Gasteiger partial charge in [0.1, 0.15) is 6.79 Å². The van der Waals surface area contributed by atoms with E-state index in [4.69, 9.17) is 4.79 Å². The van der Waals surface area contributed by atoms with E-state index < -0.39 is 24.1 Å². The number of aromatic nitrogens is 1. The lowest BCUT2D eigenvalue weighted by atomic mass is 9.79. The normalized spacial score (nSPS) is 13.1. The number of nitrogens with one attached hydrogen (secondary N) is 1. The van der Waals surface area contributed by atoms with Crippen molar-refractivity contribution in [2.75, 3.05) is 7.05 Å². The smallest absolute Gasteiger partial charge is 0.307 e. The number of rotatable bonds is 8. The molecule has 0 amide bonds. The van der Waals surface area contributed by atoms with Gasteiger partial charge < -0.3 is 10.1 Å². The van der Waals surface area contributed by atoms with Crippen LogP contribution in [0, 0.1) is 6.92 Å². The molecule has 1 heterocycles. The molecule has 0 radical (unpaired) electrons.